The van der Waals surface area contributed by atoms with Crippen LogP contribution < -0.4 is 5.32 Å². The van der Waals surface area contributed by atoms with Crippen molar-refractivity contribution in [1.82, 2.24) is 9.62 Å². The molecule has 3 rings (SSSR count). The summed E-state index contributed by atoms with van der Waals surface area (Å²) in [6.07, 6.45) is 2.15. The van der Waals surface area contributed by atoms with Crippen LogP contribution in [0.5, 0.6) is 0 Å². The minimum atomic E-state index is -3.70. The summed E-state index contributed by atoms with van der Waals surface area (Å²) in [5.41, 5.74) is 3.30. The summed E-state index contributed by atoms with van der Waals surface area (Å²) in [6.45, 7) is 6.35. The van der Waals surface area contributed by atoms with Crippen LogP contribution in [0.2, 0.25) is 0 Å². The summed E-state index contributed by atoms with van der Waals surface area (Å²) in [5.74, 6) is -0.229. The molecule has 1 N–H and O–H groups in total. The number of hydrogen-bond acceptors (Lipinski definition) is 3. The highest BCUT2D eigenvalue weighted by Gasteiger charge is 2.37. The fraction of sp³-hybridized carbons (Fsp3) is 0.409. The van der Waals surface area contributed by atoms with E-state index in [4.69, 9.17) is 0 Å². The number of carbonyl (C=O) groups excluding carboxylic acids is 1. The third-order valence-electron chi connectivity index (χ3n) is 5.37. The number of carbonyl (C=O) groups is 1. The van der Waals surface area contributed by atoms with E-state index in [1.165, 1.54) is 4.31 Å². The molecule has 1 heterocycles. The van der Waals surface area contributed by atoms with Crippen molar-refractivity contribution in [3.63, 3.8) is 0 Å². The van der Waals surface area contributed by atoms with Crippen LogP contribution in [-0.4, -0.2) is 31.2 Å². The zero-order valence-corrected chi connectivity index (χ0v) is 17.5. The number of sulfonamides is 1. The summed E-state index contributed by atoms with van der Waals surface area (Å²) in [7, 11) is -3.70. The van der Waals surface area contributed by atoms with Gasteiger partial charge in [0, 0.05) is 6.54 Å². The Kier molecular flexibility index (Phi) is 6.20. The standard InChI is InChI=1S/C22H28N2O3S/c1-16-12-13-17(2)20(15-16)18(3)23-22(25)21-11-7-8-14-24(21)28(26,27)19-9-5-4-6-10-19/h4-6,9-10,12-13,15,18,21H,7-8,11,14H2,1-3H3,(H,23,25). The third kappa shape index (κ3) is 4.28. The average Bonchev–Trinajstić information content (AvgIpc) is 2.70. The molecule has 6 heteroatoms. The monoisotopic (exact) mass is 400 g/mol. The van der Waals surface area contributed by atoms with Gasteiger partial charge < -0.3 is 5.32 Å². The Morgan fingerprint density at radius 1 is 1.11 bits per heavy atom. The maximum Gasteiger partial charge on any atom is 0.243 e. The van der Waals surface area contributed by atoms with Gasteiger partial charge in [-0.3, -0.25) is 4.79 Å². The van der Waals surface area contributed by atoms with Crippen molar-refractivity contribution in [1.29, 1.82) is 0 Å². The summed E-state index contributed by atoms with van der Waals surface area (Å²) >= 11 is 0. The average molecular weight is 401 g/mol. The first-order valence-electron chi connectivity index (χ1n) is 9.75. The Bertz CT molecular complexity index is 942. The number of piperidine rings is 1. The molecule has 2 aromatic rings. The van der Waals surface area contributed by atoms with Crippen LogP contribution in [-0.2, 0) is 14.8 Å². The Morgan fingerprint density at radius 2 is 1.82 bits per heavy atom. The lowest BCUT2D eigenvalue weighted by Gasteiger charge is -2.34. The van der Waals surface area contributed by atoms with E-state index in [2.05, 4.69) is 11.4 Å². The third-order valence-corrected chi connectivity index (χ3v) is 7.29. The summed E-state index contributed by atoms with van der Waals surface area (Å²) in [4.78, 5) is 13.3. The highest BCUT2D eigenvalue weighted by Crippen LogP contribution is 2.26. The number of rotatable bonds is 5. The molecule has 150 valence electrons. The van der Waals surface area contributed by atoms with Crippen LogP contribution in [0.3, 0.4) is 0 Å². The Hall–Kier alpha value is -2.18. The molecule has 0 aromatic heterocycles. The van der Waals surface area contributed by atoms with Gasteiger partial charge in [-0.2, -0.15) is 4.31 Å². The van der Waals surface area contributed by atoms with Crippen molar-refractivity contribution in [3.05, 3.63) is 65.2 Å². The largest absolute Gasteiger partial charge is 0.348 e. The van der Waals surface area contributed by atoms with E-state index in [-0.39, 0.29) is 16.8 Å². The second kappa shape index (κ2) is 8.45. The van der Waals surface area contributed by atoms with Crippen LogP contribution in [0.1, 0.15) is 48.9 Å². The number of aryl methyl sites for hydroxylation is 2. The van der Waals surface area contributed by atoms with Gasteiger partial charge in [-0.25, -0.2) is 8.42 Å². The van der Waals surface area contributed by atoms with Gasteiger partial charge in [-0.15, -0.1) is 0 Å². The minimum absolute atomic E-state index is 0.185. The smallest absolute Gasteiger partial charge is 0.243 e. The van der Waals surface area contributed by atoms with Crippen LogP contribution in [0, 0.1) is 13.8 Å². The van der Waals surface area contributed by atoms with E-state index < -0.39 is 16.1 Å². The SMILES string of the molecule is Cc1ccc(C)c(C(C)NC(=O)C2CCCCN2S(=O)(=O)c2ccccc2)c1. The highest BCUT2D eigenvalue weighted by atomic mass is 32.2. The predicted molar refractivity (Wildman–Crippen MR) is 110 cm³/mol. The summed E-state index contributed by atoms with van der Waals surface area (Å²) in [6, 6.07) is 13.6. The van der Waals surface area contributed by atoms with E-state index >= 15 is 0 Å². The van der Waals surface area contributed by atoms with Gasteiger partial charge in [0.1, 0.15) is 6.04 Å². The van der Waals surface area contributed by atoms with Gasteiger partial charge in [0.2, 0.25) is 15.9 Å². The number of hydrogen-bond donors (Lipinski definition) is 1. The molecule has 0 aliphatic carbocycles. The molecule has 0 bridgehead atoms. The molecule has 2 unspecified atom stereocenters. The molecule has 1 aliphatic rings. The Morgan fingerprint density at radius 3 is 2.54 bits per heavy atom. The van der Waals surface area contributed by atoms with E-state index in [9.17, 15) is 13.2 Å². The maximum absolute atomic E-state index is 13.1. The van der Waals surface area contributed by atoms with Crippen molar-refractivity contribution in [2.45, 2.75) is 57.0 Å². The fourth-order valence-corrected chi connectivity index (χ4v) is 5.47. The van der Waals surface area contributed by atoms with Gasteiger partial charge in [0.05, 0.1) is 10.9 Å². The second-order valence-electron chi connectivity index (χ2n) is 7.53. The van der Waals surface area contributed by atoms with Gasteiger partial charge in [-0.05, 0) is 56.9 Å². The molecular weight excluding hydrogens is 372 g/mol. The molecule has 2 atom stereocenters. The fourth-order valence-electron chi connectivity index (χ4n) is 3.80. The molecule has 5 nitrogen and oxygen atoms in total. The van der Waals surface area contributed by atoms with Gasteiger partial charge in [0.15, 0.2) is 0 Å². The quantitative estimate of drug-likeness (QED) is 0.832. The normalized spacial score (nSPS) is 19.2. The van der Waals surface area contributed by atoms with E-state index in [1.54, 1.807) is 30.3 Å². The van der Waals surface area contributed by atoms with E-state index in [1.807, 2.05) is 32.9 Å². The Balaban J connectivity index is 1.82. The summed E-state index contributed by atoms with van der Waals surface area (Å²) < 4.78 is 27.6. The Labute approximate surface area is 167 Å². The summed E-state index contributed by atoms with van der Waals surface area (Å²) in [5, 5.41) is 3.04. The number of amides is 1. The molecule has 0 saturated carbocycles. The van der Waals surface area contributed by atoms with Crippen LogP contribution in [0.25, 0.3) is 0 Å². The molecule has 1 fully saturated rings. The van der Waals surface area contributed by atoms with Crippen molar-refractivity contribution in [2.24, 2.45) is 0 Å². The molecule has 1 saturated heterocycles. The lowest BCUT2D eigenvalue weighted by molar-refractivity contribution is -0.126. The molecular formula is C22H28N2O3S. The van der Waals surface area contributed by atoms with Crippen LogP contribution >= 0.6 is 0 Å². The highest BCUT2D eigenvalue weighted by molar-refractivity contribution is 7.89. The van der Waals surface area contributed by atoms with E-state index in [0.717, 1.165) is 29.5 Å². The maximum atomic E-state index is 13.1. The number of benzene rings is 2. The number of nitrogens with zero attached hydrogens (tertiary/aromatic N) is 1. The van der Waals surface area contributed by atoms with Gasteiger partial charge in [-0.1, -0.05) is 48.4 Å². The van der Waals surface area contributed by atoms with Crippen molar-refractivity contribution >= 4 is 15.9 Å². The lowest BCUT2D eigenvalue weighted by Crippen LogP contribution is -2.52. The molecule has 0 radical (unpaired) electrons. The van der Waals surface area contributed by atoms with Gasteiger partial charge >= 0.3 is 0 Å². The first kappa shape index (κ1) is 20.6. The minimum Gasteiger partial charge on any atom is -0.348 e. The van der Waals surface area contributed by atoms with E-state index in [0.29, 0.717) is 13.0 Å². The first-order valence-corrected chi connectivity index (χ1v) is 11.2. The number of nitrogens with one attached hydrogen (secondary N) is 1. The van der Waals surface area contributed by atoms with Crippen LogP contribution in [0.15, 0.2) is 53.4 Å². The molecule has 0 spiro atoms. The molecule has 1 aliphatic heterocycles. The molecule has 28 heavy (non-hydrogen) atoms. The zero-order chi connectivity index (χ0) is 20.3. The predicted octanol–water partition coefficient (Wildman–Crippen LogP) is 3.72. The zero-order valence-electron chi connectivity index (χ0n) is 16.7. The van der Waals surface area contributed by atoms with Crippen molar-refractivity contribution < 1.29 is 13.2 Å². The lowest BCUT2D eigenvalue weighted by atomic mass is 9.99. The first-order chi connectivity index (χ1) is 13.3. The topological polar surface area (TPSA) is 66.5 Å². The molecule has 2 aromatic carbocycles. The van der Waals surface area contributed by atoms with Crippen molar-refractivity contribution in [2.75, 3.05) is 6.54 Å². The van der Waals surface area contributed by atoms with Crippen molar-refractivity contribution in [3.8, 4) is 0 Å². The molecule has 1 amide bonds. The van der Waals surface area contributed by atoms with Crippen LogP contribution in [0.4, 0.5) is 0 Å². The second-order valence-corrected chi connectivity index (χ2v) is 9.42. The van der Waals surface area contributed by atoms with Gasteiger partial charge in [0.25, 0.3) is 0 Å².